The van der Waals surface area contributed by atoms with Crippen molar-refractivity contribution < 1.29 is 13.2 Å². The molecule has 0 spiro atoms. The van der Waals surface area contributed by atoms with Gasteiger partial charge in [-0.2, -0.15) is 0 Å². The summed E-state index contributed by atoms with van der Waals surface area (Å²) in [7, 11) is -3.27. The summed E-state index contributed by atoms with van der Waals surface area (Å²) in [5.74, 6) is 0.0730. The number of piperidine rings is 1. The second kappa shape index (κ2) is 5.74. The molecular weight excluding hydrogens is 262 g/mol. The number of para-hydroxylation sites is 1. The van der Waals surface area contributed by atoms with E-state index in [-0.39, 0.29) is 11.8 Å². The highest BCUT2D eigenvalue weighted by atomic mass is 32.2. The number of rotatable bonds is 4. The van der Waals surface area contributed by atoms with Gasteiger partial charge in [-0.1, -0.05) is 19.1 Å². The van der Waals surface area contributed by atoms with Crippen molar-refractivity contribution in [3.63, 3.8) is 0 Å². The molecule has 0 saturated carbocycles. The van der Waals surface area contributed by atoms with Crippen molar-refractivity contribution in [1.82, 2.24) is 0 Å². The Hall–Kier alpha value is -1.36. The van der Waals surface area contributed by atoms with Crippen LogP contribution in [0.5, 0.6) is 0 Å². The second-order valence-corrected chi connectivity index (χ2v) is 7.01. The molecule has 1 unspecified atom stereocenters. The third-order valence-corrected chi connectivity index (χ3v) is 5.37. The van der Waals surface area contributed by atoms with Crippen LogP contribution in [0.1, 0.15) is 26.2 Å². The van der Waals surface area contributed by atoms with Gasteiger partial charge in [0.1, 0.15) is 6.29 Å². The van der Waals surface area contributed by atoms with Crippen molar-refractivity contribution in [2.24, 2.45) is 0 Å². The third kappa shape index (κ3) is 2.81. The average Bonchev–Trinajstić information content (AvgIpc) is 2.47. The van der Waals surface area contributed by atoms with Crippen LogP contribution in [0, 0.1) is 0 Å². The van der Waals surface area contributed by atoms with Gasteiger partial charge in [-0.15, -0.1) is 0 Å². The van der Waals surface area contributed by atoms with Crippen LogP contribution in [-0.4, -0.2) is 33.0 Å². The molecule has 5 heteroatoms. The van der Waals surface area contributed by atoms with Crippen LogP contribution in [-0.2, 0) is 14.6 Å². The standard InChI is InChI=1S/C14H19NO3S/c1-2-19(17,18)14-9-4-3-8-13(14)15-10-6-5-7-12(15)11-16/h3-4,8-9,11-12H,2,5-7,10H2,1H3. The minimum Gasteiger partial charge on any atom is -0.361 e. The third-order valence-electron chi connectivity index (χ3n) is 3.60. The molecule has 1 fully saturated rings. The van der Waals surface area contributed by atoms with Crippen LogP contribution in [0.4, 0.5) is 5.69 Å². The van der Waals surface area contributed by atoms with Gasteiger partial charge in [0.25, 0.3) is 0 Å². The largest absolute Gasteiger partial charge is 0.361 e. The first-order valence-corrected chi connectivity index (χ1v) is 8.29. The van der Waals surface area contributed by atoms with Gasteiger partial charge >= 0.3 is 0 Å². The van der Waals surface area contributed by atoms with Crippen molar-refractivity contribution in [3.05, 3.63) is 24.3 Å². The Morgan fingerprint density at radius 2 is 2.05 bits per heavy atom. The summed E-state index contributed by atoms with van der Waals surface area (Å²) in [5, 5.41) is 0. The van der Waals surface area contributed by atoms with Crippen molar-refractivity contribution in [1.29, 1.82) is 0 Å². The number of anilines is 1. The van der Waals surface area contributed by atoms with Gasteiger partial charge in [-0.05, 0) is 31.4 Å². The molecule has 0 N–H and O–H groups in total. The number of hydrogen-bond acceptors (Lipinski definition) is 4. The second-order valence-electron chi connectivity index (χ2n) is 4.76. The molecule has 19 heavy (non-hydrogen) atoms. The Morgan fingerprint density at radius 3 is 2.74 bits per heavy atom. The van der Waals surface area contributed by atoms with E-state index in [4.69, 9.17) is 0 Å². The lowest BCUT2D eigenvalue weighted by atomic mass is 10.0. The summed E-state index contributed by atoms with van der Waals surface area (Å²) in [5.41, 5.74) is 0.668. The fourth-order valence-electron chi connectivity index (χ4n) is 2.51. The molecule has 0 radical (unpaired) electrons. The van der Waals surface area contributed by atoms with Gasteiger partial charge in [-0.3, -0.25) is 0 Å². The summed E-state index contributed by atoms with van der Waals surface area (Å²) in [4.78, 5) is 13.5. The van der Waals surface area contributed by atoms with Crippen LogP contribution >= 0.6 is 0 Å². The number of carbonyl (C=O) groups excluding carboxylic acids is 1. The highest BCUT2D eigenvalue weighted by Crippen LogP contribution is 2.30. The summed E-state index contributed by atoms with van der Waals surface area (Å²) in [6, 6.07) is 6.77. The molecule has 4 nitrogen and oxygen atoms in total. The van der Waals surface area contributed by atoms with Crippen molar-refractivity contribution >= 4 is 21.8 Å². The van der Waals surface area contributed by atoms with Crippen LogP contribution in [0.15, 0.2) is 29.2 Å². The van der Waals surface area contributed by atoms with Gasteiger partial charge in [0.2, 0.25) is 0 Å². The van der Waals surface area contributed by atoms with Gasteiger partial charge < -0.3 is 9.69 Å². The maximum atomic E-state index is 12.1. The Labute approximate surface area is 114 Å². The van der Waals surface area contributed by atoms with Crippen molar-refractivity contribution in [2.45, 2.75) is 37.1 Å². The fourth-order valence-corrected chi connectivity index (χ4v) is 3.61. The van der Waals surface area contributed by atoms with E-state index < -0.39 is 9.84 Å². The highest BCUT2D eigenvalue weighted by molar-refractivity contribution is 7.91. The van der Waals surface area contributed by atoms with E-state index in [1.54, 1.807) is 25.1 Å². The lowest BCUT2D eigenvalue weighted by Crippen LogP contribution is -2.41. The number of carbonyl (C=O) groups is 1. The predicted octanol–water partition coefficient (Wildman–Crippen LogP) is 2.04. The number of benzene rings is 1. The minimum atomic E-state index is -3.27. The number of aldehydes is 1. The SMILES string of the molecule is CCS(=O)(=O)c1ccccc1N1CCCCC1C=O. The van der Waals surface area contributed by atoms with E-state index in [9.17, 15) is 13.2 Å². The summed E-state index contributed by atoms with van der Waals surface area (Å²) in [6.45, 7) is 2.37. The maximum Gasteiger partial charge on any atom is 0.180 e. The number of nitrogens with zero attached hydrogens (tertiary/aromatic N) is 1. The topological polar surface area (TPSA) is 54.5 Å². The summed E-state index contributed by atoms with van der Waals surface area (Å²) in [6.07, 6.45) is 3.73. The summed E-state index contributed by atoms with van der Waals surface area (Å²) >= 11 is 0. The Morgan fingerprint density at radius 1 is 1.32 bits per heavy atom. The van der Waals surface area contributed by atoms with Crippen LogP contribution in [0.3, 0.4) is 0 Å². The fraction of sp³-hybridized carbons (Fsp3) is 0.500. The van der Waals surface area contributed by atoms with Crippen LogP contribution < -0.4 is 4.90 Å². The monoisotopic (exact) mass is 281 g/mol. The van der Waals surface area contributed by atoms with E-state index in [0.29, 0.717) is 10.6 Å². The van der Waals surface area contributed by atoms with Crippen molar-refractivity contribution in [2.75, 3.05) is 17.2 Å². The smallest absolute Gasteiger partial charge is 0.180 e. The molecule has 1 heterocycles. The molecular formula is C14H19NO3S. The molecule has 0 amide bonds. The molecule has 1 aliphatic heterocycles. The average molecular weight is 281 g/mol. The first-order chi connectivity index (χ1) is 9.10. The Bertz CT molecular complexity index is 554. The molecule has 1 aliphatic rings. The lowest BCUT2D eigenvalue weighted by molar-refractivity contribution is -0.109. The van der Waals surface area contributed by atoms with Gasteiger partial charge in [-0.25, -0.2) is 8.42 Å². The quantitative estimate of drug-likeness (QED) is 0.793. The summed E-state index contributed by atoms with van der Waals surface area (Å²) < 4.78 is 24.3. The molecule has 1 saturated heterocycles. The Balaban J connectivity index is 2.47. The van der Waals surface area contributed by atoms with E-state index in [2.05, 4.69) is 0 Å². The number of hydrogen-bond donors (Lipinski definition) is 0. The lowest BCUT2D eigenvalue weighted by Gasteiger charge is -2.35. The Kier molecular flexibility index (Phi) is 4.24. The zero-order chi connectivity index (χ0) is 13.9. The van der Waals surface area contributed by atoms with E-state index in [0.717, 1.165) is 32.1 Å². The molecule has 1 atom stereocenters. The van der Waals surface area contributed by atoms with E-state index >= 15 is 0 Å². The normalized spacial score (nSPS) is 20.3. The first-order valence-electron chi connectivity index (χ1n) is 6.64. The minimum absolute atomic E-state index is 0.0730. The van der Waals surface area contributed by atoms with Gasteiger partial charge in [0, 0.05) is 6.54 Å². The van der Waals surface area contributed by atoms with E-state index in [1.165, 1.54) is 0 Å². The molecule has 2 rings (SSSR count). The van der Waals surface area contributed by atoms with Crippen LogP contribution in [0.2, 0.25) is 0 Å². The number of sulfone groups is 1. The molecule has 0 aliphatic carbocycles. The predicted molar refractivity (Wildman–Crippen MR) is 75.2 cm³/mol. The van der Waals surface area contributed by atoms with Crippen LogP contribution in [0.25, 0.3) is 0 Å². The van der Waals surface area contributed by atoms with Gasteiger partial charge in [0.05, 0.1) is 22.4 Å². The zero-order valence-corrected chi connectivity index (χ0v) is 11.9. The maximum absolute atomic E-state index is 12.1. The first kappa shape index (κ1) is 14.1. The van der Waals surface area contributed by atoms with E-state index in [1.807, 2.05) is 11.0 Å². The van der Waals surface area contributed by atoms with Crippen molar-refractivity contribution in [3.8, 4) is 0 Å². The zero-order valence-electron chi connectivity index (χ0n) is 11.1. The highest BCUT2D eigenvalue weighted by Gasteiger charge is 2.26. The molecule has 1 aromatic rings. The molecule has 1 aromatic carbocycles. The molecule has 0 aromatic heterocycles. The molecule has 104 valence electrons. The van der Waals surface area contributed by atoms with Gasteiger partial charge in [0.15, 0.2) is 9.84 Å². The molecule has 0 bridgehead atoms.